The summed E-state index contributed by atoms with van der Waals surface area (Å²) in [5, 5.41) is 3.40. The first-order valence-electron chi connectivity index (χ1n) is 10.8. The number of hydrogen-bond donors (Lipinski definition) is 1. The number of aromatic nitrogens is 4. The van der Waals surface area contributed by atoms with Gasteiger partial charge in [0.25, 0.3) is 5.56 Å². The maximum atomic E-state index is 13.7. The molecule has 2 unspecified atom stereocenters. The van der Waals surface area contributed by atoms with E-state index >= 15 is 0 Å². The molecule has 0 saturated heterocycles. The second-order valence-corrected chi connectivity index (χ2v) is 10.6. The van der Waals surface area contributed by atoms with E-state index in [1.54, 1.807) is 53.6 Å². The van der Waals surface area contributed by atoms with Crippen LogP contribution < -0.4 is 10.9 Å². The maximum Gasteiger partial charge on any atom is 0.263 e. The van der Waals surface area contributed by atoms with Crippen LogP contribution in [0.5, 0.6) is 0 Å². The van der Waals surface area contributed by atoms with Gasteiger partial charge in [0.1, 0.15) is 10.6 Å². The molecule has 0 bridgehead atoms. The molecule has 0 fully saturated rings. The quantitative estimate of drug-likeness (QED) is 0.326. The number of nitrogens with one attached hydrogen (secondary N) is 1. The number of carbonyl (C=O) groups excluding carboxylic acids is 1. The molecule has 4 heterocycles. The summed E-state index contributed by atoms with van der Waals surface area (Å²) in [7, 11) is 0. The Labute approximate surface area is 198 Å². The third-order valence-corrected chi connectivity index (χ3v) is 7.96. The van der Waals surface area contributed by atoms with E-state index in [9.17, 15) is 9.59 Å². The minimum Gasteiger partial charge on any atom is -0.467 e. The van der Waals surface area contributed by atoms with Gasteiger partial charge in [-0.25, -0.2) is 15.0 Å². The predicted octanol–water partition coefficient (Wildman–Crippen LogP) is 4.13. The molecular weight excluding hydrogens is 458 g/mol. The molecule has 8 nitrogen and oxygen atoms in total. The molecule has 1 N–H and O–H groups in total. The highest BCUT2D eigenvalue weighted by Gasteiger charge is 2.26. The second-order valence-electron chi connectivity index (χ2n) is 8.22. The summed E-state index contributed by atoms with van der Waals surface area (Å²) in [4.78, 5) is 41.4. The molecule has 0 spiro atoms. The Bertz CT molecular complexity index is 1350. The molecule has 4 aromatic rings. The third-order valence-electron chi connectivity index (χ3n) is 5.73. The Balaban J connectivity index is 1.52. The molecule has 5 rings (SSSR count). The van der Waals surface area contributed by atoms with Crippen LogP contribution in [0.2, 0.25) is 0 Å². The lowest BCUT2D eigenvalue weighted by atomic mass is 9.89. The first-order valence-corrected chi connectivity index (χ1v) is 12.5. The first-order chi connectivity index (χ1) is 16.0. The minimum atomic E-state index is -0.518. The monoisotopic (exact) mass is 481 g/mol. The van der Waals surface area contributed by atoms with E-state index in [0.717, 1.165) is 29.7 Å². The van der Waals surface area contributed by atoms with E-state index < -0.39 is 5.25 Å². The number of nitrogens with zero attached hydrogens (tertiary/aromatic N) is 4. The number of carbonyl (C=O) groups is 1. The van der Waals surface area contributed by atoms with Crippen LogP contribution in [-0.2, 0) is 24.2 Å². The average Bonchev–Trinajstić information content (AvgIpc) is 3.44. The molecule has 0 aliphatic heterocycles. The number of aryl methyl sites for hydroxylation is 1. The summed E-state index contributed by atoms with van der Waals surface area (Å²) in [5.74, 6) is 1.25. The van der Waals surface area contributed by atoms with Crippen LogP contribution >= 0.6 is 23.1 Å². The van der Waals surface area contributed by atoms with Crippen molar-refractivity contribution in [2.24, 2.45) is 5.92 Å². The van der Waals surface area contributed by atoms with Gasteiger partial charge in [0.15, 0.2) is 5.16 Å². The molecule has 1 amide bonds. The van der Waals surface area contributed by atoms with Gasteiger partial charge in [-0.3, -0.25) is 19.5 Å². The summed E-state index contributed by atoms with van der Waals surface area (Å²) in [5.41, 5.74) is 1.06. The van der Waals surface area contributed by atoms with Gasteiger partial charge in [0, 0.05) is 17.3 Å². The highest BCUT2D eigenvalue weighted by molar-refractivity contribution is 8.00. The predicted molar refractivity (Wildman–Crippen MR) is 129 cm³/mol. The smallest absolute Gasteiger partial charge is 0.263 e. The van der Waals surface area contributed by atoms with E-state index in [0.29, 0.717) is 22.2 Å². The highest BCUT2D eigenvalue weighted by atomic mass is 32.2. The molecule has 170 valence electrons. The molecule has 1 aliphatic rings. The number of hydrogen-bond acceptors (Lipinski definition) is 8. The first kappa shape index (κ1) is 21.8. The Morgan fingerprint density at radius 1 is 1.36 bits per heavy atom. The van der Waals surface area contributed by atoms with Gasteiger partial charge in [-0.2, -0.15) is 0 Å². The highest BCUT2D eigenvalue weighted by Crippen LogP contribution is 2.37. The fourth-order valence-corrected chi connectivity index (χ4v) is 6.31. The zero-order valence-corrected chi connectivity index (χ0v) is 19.9. The second kappa shape index (κ2) is 9.11. The summed E-state index contributed by atoms with van der Waals surface area (Å²) < 4.78 is 7.13. The number of anilines is 1. The van der Waals surface area contributed by atoms with E-state index in [4.69, 9.17) is 9.40 Å². The summed E-state index contributed by atoms with van der Waals surface area (Å²) >= 11 is 2.85. The number of thiophene rings is 1. The molecular formula is C23H23N5O3S2. The van der Waals surface area contributed by atoms with Crippen LogP contribution in [0.15, 0.2) is 51.2 Å². The van der Waals surface area contributed by atoms with E-state index in [1.807, 2.05) is 6.07 Å². The Kier molecular flexibility index (Phi) is 6.03. The van der Waals surface area contributed by atoms with Gasteiger partial charge in [0.05, 0.1) is 23.4 Å². The van der Waals surface area contributed by atoms with Crippen LogP contribution in [0, 0.1) is 5.92 Å². The van der Waals surface area contributed by atoms with Crippen molar-refractivity contribution in [1.82, 2.24) is 19.5 Å². The topological polar surface area (TPSA) is 103 Å². The van der Waals surface area contributed by atoms with Gasteiger partial charge >= 0.3 is 0 Å². The maximum absolute atomic E-state index is 13.7. The van der Waals surface area contributed by atoms with Crippen molar-refractivity contribution in [3.63, 3.8) is 0 Å². The van der Waals surface area contributed by atoms with Gasteiger partial charge in [-0.05, 0) is 55.9 Å². The minimum absolute atomic E-state index is 0.0787. The Morgan fingerprint density at radius 2 is 2.18 bits per heavy atom. The number of amides is 1. The van der Waals surface area contributed by atoms with Gasteiger partial charge in [-0.15, -0.1) is 11.3 Å². The SMILES string of the molecule is CC1CCc2c(sc3nc(SC(C)C(=O)Nc4ncccn4)n(Cc4ccco4)c(=O)c23)C1. The van der Waals surface area contributed by atoms with Crippen molar-refractivity contribution < 1.29 is 9.21 Å². The van der Waals surface area contributed by atoms with Crippen molar-refractivity contribution in [2.75, 3.05) is 5.32 Å². The molecule has 0 radical (unpaired) electrons. The molecule has 33 heavy (non-hydrogen) atoms. The van der Waals surface area contributed by atoms with Crippen LogP contribution in [-0.4, -0.2) is 30.7 Å². The zero-order valence-electron chi connectivity index (χ0n) is 18.3. The Morgan fingerprint density at radius 3 is 2.94 bits per heavy atom. The van der Waals surface area contributed by atoms with Gasteiger partial charge < -0.3 is 4.42 Å². The van der Waals surface area contributed by atoms with Crippen molar-refractivity contribution >= 4 is 45.2 Å². The van der Waals surface area contributed by atoms with Crippen LogP contribution in [0.4, 0.5) is 5.95 Å². The summed E-state index contributed by atoms with van der Waals surface area (Å²) in [6, 6.07) is 5.31. The molecule has 2 atom stereocenters. The third kappa shape index (κ3) is 4.45. The van der Waals surface area contributed by atoms with Gasteiger partial charge in [0.2, 0.25) is 11.9 Å². The zero-order chi connectivity index (χ0) is 22.9. The standard InChI is InChI=1S/C23H23N5O3S2/c1-13-6-7-16-17(11-13)33-20-18(16)21(30)28(12-15-5-3-10-31-15)23(27-20)32-14(2)19(29)26-22-24-8-4-9-25-22/h3-5,8-10,13-14H,6-7,11-12H2,1-2H3,(H,24,25,26,29). The number of furan rings is 1. The lowest BCUT2D eigenvalue weighted by Gasteiger charge is -2.18. The van der Waals surface area contributed by atoms with Crippen molar-refractivity contribution in [3.05, 3.63) is 63.4 Å². The fraction of sp³-hybridized carbons (Fsp3) is 0.348. The lowest BCUT2D eigenvalue weighted by molar-refractivity contribution is -0.115. The molecule has 4 aromatic heterocycles. The summed E-state index contributed by atoms with van der Waals surface area (Å²) in [6.07, 6.45) is 7.67. The van der Waals surface area contributed by atoms with Gasteiger partial charge in [-0.1, -0.05) is 18.7 Å². The molecule has 1 aliphatic carbocycles. The van der Waals surface area contributed by atoms with E-state index in [-0.39, 0.29) is 24.0 Å². The number of thioether (sulfide) groups is 1. The van der Waals surface area contributed by atoms with Crippen LogP contribution in [0.25, 0.3) is 10.2 Å². The lowest BCUT2D eigenvalue weighted by Crippen LogP contribution is -2.28. The molecule has 0 saturated carbocycles. The van der Waals surface area contributed by atoms with E-state index in [1.165, 1.54) is 16.6 Å². The van der Waals surface area contributed by atoms with Crippen LogP contribution in [0.3, 0.4) is 0 Å². The normalized spacial score (nSPS) is 16.5. The fourth-order valence-electron chi connectivity index (χ4n) is 3.98. The van der Waals surface area contributed by atoms with Crippen molar-refractivity contribution in [2.45, 2.75) is 50.1 Å². The average molecular weight is 482 g/mol. The largest absolute Gasteiger partial charge is 0.467 e. The summed E-state index contributed by atoms with van der Waals surface area (Å²) in [6.45, 7) is 4.28. The van der Waals surface area contributed by atoms with Crippen molar-refractivity contribution in [3.8, 4) is 0 Å². The Hall–Kier alpha value is -2.98. The van der Waals surface area contributed by atoms with Crippen molar-refractivity contribution in [1.29, 1.82) is 0 Å². The van der Waals surface area contributed by atoms with Crippen LogP contribution in [0.1, 0.15) is 36.5 Å². The van der Waals surface area contributed by atoms with E-state index in [2.05, 4.69) is 22.2 Å². The number of rotatable bonds is 6. The molecule has 0 aromatic carbocycles. The molecule has 10 heteroatoms. The number of fused-ring (bicyclic) bond motifs is 3.